The molecule has 1 aromatic carbocycles. The zero-order valence-electron chi connectivity index (χ0n) is 16.7. The summed E-state index contributed by atoms with van der Waals surface area (Å²) in [5.74, 6) is -0.158. The minimum atomic E-state index is -3.77. The second kappa shape index (κ2) is 8.47. The number of nitrogens with one attached hydrogen (secondary N) is 1. The normalized spacial score (nSPS) is 15.4. The van der Waals surface area contributed by atoms with Gasteiger partial charge in [-0.1, -0.05) is 35.1 Å². The Kier molecular flexibility index (Phi) is 6.05. The first-order valence-corrected chi connectivity index (χ1v) is 12.8. The first-order chi connectivity index (χ1) is 14.7. The number of thiazole rings is 2. The molecule has 31 heavy (non-hydrogen) atoms. The molecule has 3 aromatic rings. The molecule has 0 unspecified atom stereocenters. The molecule has 3 heterocycles. The lowest BCUT2D eigenvalue weighted by Crippen LogP contribution is -2.50. The summed E-state index contributed by atoms with van der Waals surface area (Å²) in [4.78, 5) is 33.4. The van der Waals surface area contributed by atoms with Gasteiger partial charge in [0.15, 0.2) is 4.21 Å². The fourth-order valence-electron chi connectivity index (χ4n) is 3.34. The fourth-order valence-corrected chi connectivity index (χ4v) is 7.36. The van der Waals surface area contributed by atoms with Crippen molar-refractivity contribution in [2.45, 2.75) is 18.1 Å². The van der Waals surface area contributed by atoms with Gasteiger partial charge in [-0.2, -0.15) is 4.31 Å². The number of halogens is 1. The third-order valence-electron chi connectivity index (χ3n) is 4.96. The standard InChI is InChI=1S/C19H19ClN4O4S3/c1-11-15(29-16(21-11)13-3-5-14(20)6-4-13)17(25)23-7-9-24(10-8-23)31(27,28)18-12(2)22-19(26)30-18/h3-6H,7-10H2,1-2H3,(H,22,26). The number of benzene rings is 1. The summed E-state index contributed by atoms with van der Waals surface area (Å²) in [6.07, 6.45) is 0. The van der Waals surface area contributed by atoms with Gasteiger partial charge in [-0.15, -0.1) is 11.3 Å². The molecule has 0 saturated carbocycles. The van der Waals surface area contributed by atoms with Crippen LogP contribution in [0.3, 0.4) is 0 Å². The van der Waals surface area contributed by atoms with E-state index in [1.807, 2.05) is 12.1 Å². The monoisotopic (exact) mass is 498 g/mol. The molecule has 0 spiro atoms. The lowest BCUT2D eigenvalue weighted by molar-refractivity contribution is 0.0702. The third-order valence-corrected chi connectivity index (χ3v) is 9.89. The van der Waals surface area contributed by atoms with E-state index in [2.05, 4.69) is 9.97 Å². The number of hydrogen-bond acceptors (Lipinski definition) is 7. The van der Waals surface area contributed by atoms with E-state index in [-0.39, 0.29) is 36.3 Å². The van der Waals surface area contributed by atoms with Gasteiger partial charge < -0.3 is 9.88 Å². The zero-order valence-corrected chi connectivity index (χ0v) is 19.9. The molecule has 8 nitrogen and oxygen atoms in total. The second-order valence-corrected chi connectivity index (χ2v) is 11.6. The lowest BCUT2D eigenvalue weighted by atomic mass is 10.2. The van der Waals surface area contributed by atoms with Crippen molar-refractivity contribution < 1.29 is 13.2 Å². The molecule has 0 aliphatic carbocycles. The molecule has 2 aromatic heterocycles. The number of hydrogen-bond donors (Lipinski definition) is 1. The summed E-state index contributed by atoms with van der Waals surface area (Å²) < 4.78 is 27.1. The highest BCUT2D eigenvalue weighted by molar-refractivity contribution is 7.91. The largest absolute Gasteiger partial charge is 0.335 e. The second-order valence-electron chi connectivity index (χ2n) is 7.06. The van der Waals surface area contributed by atoms with Crippen molar-refractivity contribution in [1.29, 1.82) is 0 Å². The van der Waals surface area contributed by atoms with Gasteiger partial charge in [-0.25, -0.2) is 13.4 Å². The summed E-state index contributed by atoms with van der Waals surface area (Å²) in [5.41, 5.74) is 1.86. The number of aryl methyl sites for hydroxylation is 2. The van der Waals surface area contributed by atoms with Crippen molar-refractivity contribution in [3.05, 3.63) is 55.2 Å². The SMILES string of the molecule is Cc1nc(-c2ccc(Cl)cc2)sc1C(=O)N1CCN(S(=O)(=O)c2sc(=O)[nH]c2C)CC1. The van der Waals surface area contributed by atoms with Gasteiger partial charge in [-0.05, 0) is 26.0 Å². The molecule has 0 bridgehead atoms. The molecule has 12 heteroatoms. The fraction of sp³-hybridized carbons (Fsp3) is 0.316. The van der Waals surface area contributed by atoms with Gasteiger partial charge in [0.25, 0.3) is 15.9 Å². The van der Waals surface area contributed by atoms with Crippen LogP contribution in [0, 0.1) is 13.8 Å². The number of amides is 1. The van der Waals surface area contributed by atoms with Gasteiger partial charge >= 0.3 is 4.87 Å². The van der Waals surface area contributed by atoms with Gasteiger partial charge in [0, 0.05) is 42.5 Å². The Morgan fingerprint density at radius 1 is 1.10 bits per heavy atom. The number of aromatic nitrogens is 2. The highest BCUT2D eigenvalue weighted by atomic mass is 35.5. The Balaban J connectivity index is 1.48. The Morgan fingerprint density at radius 3 is 2.32 bits per heavy atom. The van der Waals surface area contributed by atoms with Crippen LogP contribution < -0.4 is 4.87 Å². The van der Waals surface area contributed by atoms with Crippen molar-refractivity contribution in [3.8, 4) is 10.6 Å². The molecule has 1 amide bonds. The molecule has 0 radical (unpaired) electrons. The minimum Gasteiger partial charge on any atom is -0.335 e. The van der Waals surface area contributed by atoms with Crippen LogP contribution in [0.5, 0.6) is 0 Å². The minimum absolute atomic E-state index is 0.0307. The van der Waals surface area contributed by atoms with Crippen molar-refractivity contribution in [1.82, 2.24) is 19.2 Å². The molecule has 1 aliphatic rings. The van der Waals surface area contributed by atoms with Crippen LogP contribution in [-0.4, -0.2) is 59.7 Å². The number of piperazine rings is 1. The van der Waals surface area contributed by atoms with E-state index < -0.39 is 14.9 Å². The van der Waals surface area contributed by atoms with Crippen molar-refractivity contribution in [3.63, 3.8) is 0 Å². The van der Waals surface area contributed by atoms with Gasteiger partial charge in [0.05, 0.1) is 5.69 Å². The predicted molar refractivity (Wildman–Crippen MR) is 122 cm³/mol. The van der Waals surface area contributed by atoms with E-state index in [0.717, 1.165) is 10.6 Å². The third kappa shape index (κ3) is 4.33. The number of aromatic amines is 1. The summed E-state index contributed by atoms with van der Waals surface area (Å²) >= 11 is 7.94. The van der Waals surface area contributed by atoms with Crippen molar-refractivity contribution in [2.75, 3.05) is 26.2 Å². The molecular weight excluding hydrogens is 480 g/mol. The first-order valence-electron chi connectivity index (χ1n) is 9.39. The Labute approximate surface area is 192 Å². The Bertz CT molecular complexity index is 1290. The Hall–Kier alpha value is -2.05. The van der Waals surface area contributed by atoms with E-state index in [1.54, 1.807) is 30.9 Å². The van der Waals surface area contributed by atoms with Crippen molar-refractivity contribution in [2.24, 2.45) is 0 Å². The van der Waals surface area contributed by atoms with Gasteiger partial charge in [0.1, 0.15) is 9.88 Å². The molecule has 4 rings (SSSR count). The number of carbonyl (C=O) groups excluding carboxylic acids is 1. The van der Waals surface area contributed by atoms with Crippen molar-refractivity contribution >= 4 is 50.2 Å². The molecule has 164 valence electrons. The zero-order chi connectivity index (χ0) is 22.3. The smallest absolute Gasteiger partial charge is 0.305 e. The van der Waals surface area contributed by atoms with Crippen LogP contribution in [0.4, 0.5) is 0 Å². The molecule has 1 N–H and O–H groups in total. The average molecular weight is 499 g/mol. The summed E-state index contributed by atoms with van der Waals surface area (Å²) in [6.45, 7) is 4.23. The van der Waals surface area contributed by atoms with Crippen LogP contribution >= 0.6 is 34.3 Å². The van der Waals surface area contributed by atoms with Crippen LogP contribution in [0.2, 0.25) is 5.02 Å². The van der Waals surface area contributed by atoms with Crippen LogP contribution in [0.25, 0.3) is 10.6 Å². The maximum absolute atomic E-state index is 13.1. The molecule has 1 fully saturated rings. The highest BCUT2D eigenvalue weighted by Gasteiger charge is 2.33. The van der Waals surface area contributed by atoms with Crippen LogP contribution in [0.15, 0.2) is 33.3 Å². The molecule has 1 aliphatic heterocycles. The van der Waals surface area contributed by atoms with Gasteiger partial charge in [-0.3, -0.25) is 9.59 Å². The number of rotatable bonds is 4. The van der Waals surface area contributed by atoms with E-state index in [0.29, 0.717) is 32.6 Å². The molecular formula is C19H19ClN4O4S3. The first kappa shape index (κ1) is 22.2. The number of sulfonamides is 1. The summed E-state index contributed by atoms with van der Waals surface area (Å²) in [5, 5.41) is 1.36. The topological polar surface area (TPSA) is 103 Å². The summed E-state index contributed by atoms with van der Waals surface area (Å²) in [7, 11) is -3.77. The van der Waals surface area contributed by atoms with E-state index in [4.69, 9.17) is 11.6 Å². The van der Waals surface area contributed by atoms with Crippen LogP contribution in [-0.2, 0) is 10.0 Å². The molecule has 0 atom stereocenters. The Morgan fingerprint density at radius 2 is 1.74 bits per heavy atom. The van der Waals surface area contributed by atoms with E-state index in [1.165, 1.54) is 15.6 Å². The van der Waals surface area contributed by atoms with E-state index >= 15 is 0 Å². The number of nitrogens with zero attached hydrogens (tertiary/aromatic N) is 3. The maximum Gasteiger partial charge on any atom is 0.305 e. The number of carbonyl (C=O) groups is 1. The highest BCUT2D eigenvalue weighted by Crippen LogP contribution is 2.30. The average Bonchev–Trinajstić information content (AvgIpc) is 3.30. The summed E-state index contributed by atoms with van der Waals surface area (Å²) in [6, 6.07) is 7.26. The maximum atomic E-state index is 13.1. The molecule has 1 saturated heterocycles. The van der Waals surface area contributed by atoms with Crippen LogP contribution in [0.1, 0.15) is 21.1 Å². The quantitative estimate of drug-likeness (QED) is 0.595. The number of H-pyrrole nitrogens is 1. The predicted octanol–water partition coefficient (Wildman–Crippen LogP) is 2.98. The van der Waals surface area contributed by atoms with Gasteiger partial charge in [0.2, 0.25) is 0 Å². The van der Waals surface area contributed by atoms with E-state index in [9.17, 15) is 18.0 Å². The lowest BCUT2D eigenvalue weighted by Gasteiger charge is -2.33.